The third kappa shape index (κ3) is 6.67. The molecule has 41 heavy (non-hydrogen) atoms. The van der Waals surface area contributed by atoms with Gasteiger partial charge in [0.15, 0.2) is 16.6 Å². The van der Waals surface area contributed by atoms with Gasteiger partial charge in [-0.25, -0.2) is 0 Å². The van der Waals surface area contributed by atoms with Crippen molar-refractivity contribution in [3.63, 3.8) is 0 Å². The predicted molar refractivity (Wildman–Crippen MR) is 183 cm³/mol. The van der Waals surface area contributed by atoms with Gasteiger partial charge in [0.05, 0.1) is 5.60 Å². The van der Waals surface area contributed by atoms with Crippen molar-refractivity contribution in [1.29, 1.82) is 0 Å². The summed E-state index contributed by atoms with van der Waals surface area (Å²) in [6, 6.07) is 2.46. The van der Waals surface area contributed by atoms with E-state index in [0.29, 0.717) is 22.9 Å². The van der Waals surface area contributed by atoms with Gasteiger partial charge >= 0.3 is 0 Å². The van der Waals surface area contributed by atoms with Gasteiger partial charge < -0.3 is 8.85 Å². The maximum absolute atomic E-state index is 7.13. The quantitative estimate of drug-likeness (QED) is 0.206. The van der Waals surface area contributed by atoms with Gasteiger partial charge in [-0.3, -0.25) is 0 Å². The molecule has 0 spiro atoms. The molecule has 4 rings (SSSR count). The van der Waals surface area contributed by atoms with Crippen LogP contribution in [0.4, 0.5) is 0 Å². The highest BCUT2D eigenvalue weighted by molar-refractivity contribution is 6.71. The van der Waals surface area contributed by atoms with E-state index in [1.165, 1.54) is 82.7 Å². The molecule has 0 aliphatic heterocycles. The van der Waals surface area contributed by atoms with Crippen LogP contribution in [0.25, 0.3) is 0 Å². The van der Waals surface area contributed by atoms with Gasteiger partial charge in [0.1, 0.15) is 0 Å². The predicted octanol–water partition coefficient (Wildman–Crippen LogP) is 11.7. The lowest BCUT2D eigenvalue weighted by atomic mass is 9.44. The second-order valence-corrected chi connectivity index (χ2v) is 26.7. The molecule has 4 aliphatic carbocycles. The molecule has 7 unspecified atom stereocenters. The Morgan fingerprint density at radius 1 is 0.780 bits per heavy atom. The molecule has 0 aromatic heterocycles. The molecule has 0 N–H and O–H groups in total. The van der Waals surface area contributed by atoms with E-state index in [1.54, 1.807) is 0 Å². The van der Waals surface area contributed by atoms with Crippen LogP contribution in [0.3, 0.4) is 0 Å². The molecule has 2 nitrogen and oxygen atoms in total. The molecule has 10 atom stereocenters. The number of rotatable bonds is 12. The number of fused-ring (bicyclic) bond motifs is 5. The van der Waals surface area contributed by atoms with Crippen molar-refractivity contribution in [2.75, 3.05) is 0 Å². The van der Waals surface area contributed by atoms with Gasteiger partial charge in [-0.2, -0.15) is 0 Å². The molecular weight excluding hydrogens is 533 g/mol. The molecule has 0 heterocycles. The van der Waals surface area contributed by atoms with Crippen LogP contribution in [-0.2, 0) is 8.85 Å². The third-order valence-electron chi connectivity index (χ3n) is 14.7. The van der Waals surface area contributed by atoms with E-state index in [2.05, 4.69) is 81.6 Å². The van der Waals surface area contributed by atoms with E-state index in [9.17, 15) is 0 Å². The number of hydrogen-bond donors (Lipinski definition) is 0. The summed E-state index contributed by atoms with van der Waals surface area (Å²) in [5.74, 6) is 6.13. The average Bonchev–Trinajstić information content (AvgIpc) is 3.28. The lowest BCUT2D eigenvalue weighted by molar-refractivity contribution is -0.128. The first-order valence-electron chi connectivity index (χ1n) is 18.4. The van der Waals surface area contributed by atoms with E-state index in [1.807, 2.05) is 0 Å². The highest BCUT2D eigenvalue weighted by Crippen LogP contribution is 2.68. The van der Waals surface area contributed by atoms with Crippen molar-refractivity contribution in [2.24, 2.45) is 52.3 Å². The van der Waals surface area contributed by atoms with E-state index in [4.69, 9.17) is 8.85 Å². The monoisotopic (exact) mass is 605 g/mol. The Hall–Kier alpha value is 0.354. The van der Waals surface area contributed by atoms with Gasteiger partial charge in [-0.1, -0.05) is 55.4 Å². The van der Waals surface area contributed by atoms with Crippen molar-refractivity contribution in [1.82, 2.24) is 0 Å². The summed E-state index contributed by atoms with van der Waals surface area (Å²) in [6.45, 7) is 29.8. The topological polar surface area (TPSA) is 18.5 Å². The first-order chi connectivity index (χ1) is 19.1. The first kappa shape index (κ1) is 34.2. The van der Waals surface area contributed by atoms with Crippen LogP contribution >= 0.6 is 0 Å². The minimum Gasteiger partial charge on any atom is -0.414 e. The lowest BCUT2D eigenvalue weighted by Crippen LogP contribution is -2.55. The Labute approximate surface area is 259 Å². The van der Waals surface area contributed by atoms with E-state index < -0.39 is 16.6 Å². The summed E-state index contributed by atoms with van der Waals surface area (Å²) in [7, 11) is -3.08. The molecule has 4 aliphatic rings. The van der Waals surface area contributed by atoms with Crippen LogP contribution in [-0.4, -0.2) is 28.3 Å². The van der Waals surface area contributed by atoms with Gasteiger partial charge in [0.2, 0.25) is 0 Å². The normalized spacial score (nSPS) is 40.0. The highest BCUT2D eigenvalue weighted by atomic mass is 28.4. The lowest BCUT2D eigenvalue weighted by Gasteiger charge is -2.61. The molecule has 4 fully saturated rings. The number of hydrogen-bond acceptors (Lipinski definition) is 2. The van der Waals surface area contributed by atoms with Crippen LogP contribution in [0.2, 0.25) is 38.3 Å². The molecule has 4 heteroatoms. The van der Waals surface area contributed by atoms with Crippen LogP contribution in [0.15, 0.2) is 0 Å². The van der Waals surface area contributed by atoms with Gasteiger partial charge in [0, 0.05) is 6.10 Å². The van der Waals surface area contributed by atoms with Crippen molar-refractivity contribution in [3.05, 3.63) is 0 Å². The fourth-order valence-electron chi connectivity index (χ4n) is 11.2. The van der Waals surface area contributed by atoms with Crippen LogP contribution < -0.4 is 0 Å². The Morgan fingerprint density at radius 3 is 2.02 bits per heavy atom. The summed E-state index contributed by atoms with van der Waals surface area (Å²) in [5, 5.41) is 0. The van der Waals surface area contributed by atoms with E-state index in [0.717, 1.165) is 41.9 Å². The molecule has 0 aromatic rings. The average molecular weight is 605 g/mol. The molecule has 4 saturated carbocycles. The summed E-state index contributed by atoms with van der Waals surface area (Å²) in [5.41, 5.74) is 1.20. The van der Waals surface area contributed by atoms with Crippen LogP contribution in [0, 0.1) is 52.3 Å². The molecule has 0 radical (unpaired) electrons. The maximum Gasteiger partial charge on any atom is 0.187 e. The largest absolute Gasteiger partial charge is 0.414 e. The fraction of sp³-hybridized carbons (Fsp3) is 1.00. The minimum absolute atomic E-state index is 0.0704. The van der Waals surface area contributed by atoms with Gasteiger partial charge in [-0.05, 0) is 168 Å². The Balaban J connectivity index is 1.42. The zero-order valence-corrected chi connectivity index (χ0v) is 31.8. The first-order valence-corrected chi connectivity index (χ1v) is 24.7. The van der Waals surface area contributed by atoms with Crippen molar-refractivity contribution >= 4 is 16.6 Å². The van der Waals surface area contributed by atoms with Crippen LogP contribution in [0.1, 0.15) is 132 Å². The third-order valence-corrected chi connectivity index (χ3v) is 20.1. The summed E-state index contributed by atoms with van der Waals surface area (Å²) < 4.78 is 14.0. The molecule has 0 aromatic carbocycles. The summed E-state index contributed by atoms with van der Waals surface area (Å²) in [6.07, 6.45) is 17.4. The van der Waals surface area contributed by atoms with Crippen molar-refractivity contribution in [3.8, 4) is 0 Å². The Kier molecular flexibility index (Phi) is 10.5. The molecular formula is C37H72O2Si2. The molecule has 240 valence electrons. The summed E-state index contributed by atoms with van der Waals surface area (Å²) >= 11 is 0. The van der Waals surface area contributed by atoms with Crippen molar-refractivity contribution < 1.29 is 8.85 Å². The summed E-state index contributed by atoms with van der Waals surface area (Å²) in [4.78, 5) is 0. The van der Waals surface area contributed by atoms with E-state index in [-0.39, 0.29) is 5.60 Å². The highest BCUT2D eigenvalue weighted by Gasteiger charge is 2.61. The zero-order valence-electron chi connectivity index (χ0n) is 29.8. The van der Waals surface area contributed by atoms with Gasteiger partial charge in [0.25, 0.3) is 0 Å². The Morgan fingerprint density at radius 2 is 1.41 bits per heavy atom. The SMILES string of the molecule is CC[C@@](CCC(C)C1CCC2C3CC[C@H]4C[C@@H](O[Si](C)(C)CC)CCC4(C)C3CCC12C)(O[Si](C)(C)CC)C(C)C. The smallest absolute Gasteiger partial charge is 0.187 e. The second kappa shape index (κ2) is 12.6. The minimum atomic E-state index is -1.61. The molecule has 0 bridgehead atoms. The fourth-order valence-corrected chi connectivity index (χ4v) is 14.3. The standard InChI is InChI=1S/C37H72O2Si2/c1-13-37(27(4)5,39-41(11,12)15-3)25-20-28(6)32-18-19-33-31-17-16-29-26-30(38-40(9,10)14-2)21-23-35(29,7)34(31)22-24-36(32,33)8/h27-34H,13-26H2,1-12H3/t28?,29-,30-,31?,32?,33?,34?,35?,36?,37-/m0/s1. The van der Waals surface area contributed by atoms with Crippen molar-refractivity contribution in [2.45, 2.75) is 182 Å². The van der Waals surface area contributed by atoms with Gasteiger partial charge in [-0.15, -0.1) is 0 Å². The zero-order chi connectivity index (χ0) is 30.4. The molecule has 0 amide bonds. The van der Waals surface area contributed by atoms with E-state index >= 15 is 0 Å². The molecule has 0 saturated heterocycles. The van der Waals surface area contributed by atoms with Crippen LogP contribution in [0.5, 0.6) is 0 Å². The Bertz CT molecular complexity index is 871. The maximum atomic E-state index is 7.13. The second-order valence-electron chi connectivity index (χ2n) is 17.8.